The summed E-state index contributed by atoms with van der Waals surface area (Å²) in [6.07, 6.45) is 1.69. The van der Waals surface area contributed by atoms with Gasteiger partial charge in [-0.2, -0.15) is 0 Å². The summed E-state index contributed by atoms with van der Waals surface area (Å²) in [6.45, 7) is 6.69. The molecular weight excluding hydrogens is 419 g/mol. The molecule has 10 heteroatoms. The quantitative estimate of drug-likeness (QED) is 0.522. The Morgan fingerprint density at radius 1 is 1.32 bits per heavy atom. The zero-order chi connectivity index (χ0) is 21.8. The van der Waals surface area contributed by atoms with Gasteiger partial charge in [0.2, 0.25) is 0 Å². The molecule has 0 bridgehead atoms. The van der Waals surface area contributed by atoms with Crippen molar-refractivity contribution in [3.8, 4) is 17.3 Å². The Bertz CT molecular complexity index is 1040. The number of aromatic nitrogens is 4. The Morgan fingerprint density at radius 3 is 3.00 bits per heavy atom. The van der Waals surface area contributed by atoms with Crippen LogP contribution in [0.3, 0.4) is 0 Å². The highest BCUT2D eigenvalue weighted by Crippen LogP contribution is 2.37. The van der Waals surface area contributed by atoms with Gasteiger partial charge in [-0.05, 0) is 44.0 Å². The molecule has 3 aromatic rings. The van der Waals surface area contributed by atoms with Crippen LogP contribution < -0.4 is 14.4 Å². The number of fused-ring (bicyclic) bond motifs is 1. The largest absolute Gasteiger partial charge is 0.489 e. The molecule has 0 amide bonds. The molecule has 3 heterocycles. The molecule has 0 unspecified atom stereocenters. The standard InChI is InChI=1S/C21H25FN6O2S/c1-14(2)28-13-23-25-21(28)16-5-4-6-20(24-16)26-31-19-12-17-18(11-15(19)22)30-10-8-27(17)7-9-29-3/h4-6,11-14H,7-10H2,1-3H3,(H,24,26). The smallest absolute Gasteiger partial charge is 0.182 e. The highest BCUT2D eigenvalue weighted by atomic mass is 32.2. The lowest BCUT2D eigenvalue weighted by atomic mass is 10.2. The molecule has 1 aliphatic heterocycles. The molecule has 2 aromatic heterocycles. The van der Waals surface area contributed by atoms with Crippen LogP contribution in [-0.2, 0) is 4.74 Å². The molecule has 164 valence electrons. The summed E-state index contributed by atoms with van der Waals surface area (Å²) in [5.41, 5.74) is 1.56. The first-order valence-corrected chi connectivity index (χ1v) is 10.9. The zero-order valence-electron chi connectivity index (χ0n) is 17.7. The summed E-state index contributed by atoms with van der Waals surface area (Å²) in [5, 5.41) is 8.18. The minimum atomic E-state index is -0.347. The Balaban J connectivity index is 1.53. The van der Waals surface area contributed by atoms with Crippen LogP contribution in [0.25, 0.3) is 11.5 Å². The van der Waals surface area contributed by atoms with Crippen molar-refractivity contribution in [1.82, 2.24) is 19.7 Å². The maximum Gasteiger partial charge on any atom is 0.182 e. The minimum Gasteiger partial charge on any atom is -0.489 e. The summed E-state index contributed by atoms with van der Waals surface area (Å²) in [7, 11) is 1.67. The molecule has 4 rings (SSSR count). The van der Waals surface area contributed by atoms with Gasteiger partial charge in [-0.15, -0.1) is 10.2 Å². The molecular formula is C21H25FN6O2S. The predicted molar refractivity (Wildman–Crippen MR) is 119 cm³/mol. The molecule has 8 nitrogen and oxygen atoms in total. The van der Waals surface area contributed by atoms with Crippen molar-refractivity contribution < 1.29 is 13.9 Å². The van der Waals surface area contributed by atoms with E-state index < -0.39 is 0 Å². The summed E-state index contributed by atoms with van der Waals surface area (Å²) >= 11 is 1.17. The third-order valence-corrected chi connectivity index (χ3v) is 5.76. The molecule has 0 atom stereocenters. The Hall–Kier alpha value is -2.85. The molecule has 0 aliphatic carbocycles. The zero-order valence-corrected chi connectivity index (χ0v) is 18.5. The fourth-order valence-corrected chi connectivity index (χ4v) is 3.97. The Labute approximate surface area is 184 Å². The maximum absolute atomic E-state index is 14.7. The number of ether oxygens (including phenoxy) is 2. The second-order valence-electron chi connectivity index (χ2n) is 7.35. The van der Waals surface area contributed by atoms with Crippen molar-refractivity contribution in [1.29, 1.82) is 0 Å². The number of halogens is 1. The van der Waals surface area contributed by atoms with E-state index >= 15 is 0 Å². The van der Waals surface area contributed by atoms with E-state index in [0.717, 1.165) is 18.8 Å². The highest BCUT2D eigenvalue weighted by molar-refractivity contribution is 8.00. The number of hydrogen-bond donors (Lipinski definition) is 1. The number of pyridine rings is 1. The van der Waals surface area contributed by atoms with Gasteiger partial charge in [0.25, 0.3) is 0 Å². The molecule has 31 heavy (non-hydrogen) atoms. The van der Waals surface area contributed by atoms with Gasteiger partial charge in [-0.1, -0.05) is 6.07 Å². The number of methoxy groups -OCH3 is 1. The number of hydrogen-bond acceptors (Lipinski definition) is 8. The van der Waals surface area contributed by atoms with E-state index in [4.69, 9.17) is 9.47 Å². The minimum absolute atomic E-state index is 0.214. The normalized spacial score (nSPS) is 13.3. The van der Waals surface area contributed by atoms with Crippen LogP contribution in [0.2, 0.25) is 0 Å². The lowest BCUT2D eigenvalue weighted by Gasteiger charge is -2.31. The van der Waals surface area contributed by atoms with E-state index in [2.05, 4.69) is 38.7 Å². The second-order valence-corrected chi connectivity index (χ2v) is 8.19. The molecule has 1 aromatic carbocycles. The van der Waals surface area contributed by atoms with E-state index in [1.54, 1.807) is 19.5 Å². The average Bonchev–Trinajstić information content (AvgIpc) is 3.27. The Kier molecular flexibility index (Phi) is 6.57. The molecule has 0 fully saturated rings. The molecule has 0 saturated carbocycles. The average molecular weight is 445 g/mol. The Morgan fingerprint density at radius 2 is 2.19 bits per heavy atom. The fraction of sp³-hybridized carbons (Fsp3) is 0.381. The SMILES string of the molecule is COCCN1CCOc2cc(F)c(SNc3cccc(-c4nncn4C(C)C)n3)cc21. The van der Waals surface area contributed by atoms with Gasteiger partial charge < -0.3 is 23.7 Å². The number of nitrogens with zero attached hydrogens (tertiary/aromatic N) is 5. The third kappa shape index (κ3) is 4.75. The van der Waals surface area contributed by atoms with E-state index in [0.29, 0.717) is 41.2 Å². The molecule has 0 radical (unpaired) electrons. The van der Waals surface area contributed by atoms with Crippen LogP contribution >= 0.6 is 11.9 Å². The van der Waals surface area contributed by atoms with E-state index in [9.17, 15) is 4.39 Å². The molecule has 1 aliphatic rings. The molecule has 0 spiro atoms. The van der Waals surface area contributed by atoms with Crippen molar-refractivity contribution in [3.05, 3.63) is 42.5 Å². The molecule has 1 N–H and O–H groups in total. The van der Waals surface area contributed by atoms with Gasteiger partial charge in [0.05, 0.1) is 23.7 Å². The van der Waals surface area contributed by atoms with Gasteiger partial charge in [-0.25, -0.2) is 9.37 Å². The van der Waals surface area contributed by atoms with Crippen LogP contribution in [0.1, 0.15) is 19.9 Å². The number of rotatable bonds is 8. The lowest BCUT2D eigenvalue weighted by molar-refractivity contribution is 0.201. The second kappa shape index (κ2) is 9.52. The summed E-state index contributed by atoms with van der Waals surface area (Å²) < 4.78 is 30.6. The van der Waals surface area contributed by atoms with Crippen LogP contribution in [0.5, 0.6) is 5.75 Å². The van der Waals surface area contributed by atoms with Gasteiger partial charge in [0.15, 0.2) is 5.82 Å². The maximum atomic E-state index is 14.7. The summed E-state index contributed by atoms with van der Waals surface area (Å²) in [4.78, 5) is 7.22. The highest BCUT2D eigenvalue weighted by Gasteiger charge is 2.21. The summed E-state index contributed by atoms with van der Waals surface area (Å²) in [6, 6.07) is 9.04. The van der Waals surface area contributed by atoms with Gasteiger partial charge in [0.1, 0.15) is 36.0 Å². The third-order valence-electron chi connectivity index (χ3n) is 4.91. The predicted octanol–water partition coefficient (Wildman–Crippen LogP) is 4.02. The fourth-order valence-electron chi connectivity index (χ4n) is 3.31. The van der Waals surface area contributed by atoms with E-state index in [-0.39, 0.29) is 11.9 Å². The van der Waals surface area contributed by atoms with Crippen molar-refractivity contribution in [3.63, 3.8) is 0 Å². The lowest BCUT2D eigenvalue weighted by Crippen LogP contribution is -2.35. The first-order chi connectivity index (χ1) is 15.1. The number of anilines is 2. The monoisotopic (exact) mass is 444 g/mol. The van der Waals surface area contributed by atoms with E-state index in [1.807, 2.05) is 22.8 Å². The first kappa shape index (κ1) is 21.4. The van der Waals surface area contributed by atoms with Crippen molar-refractivity contribution >= 4 is 23.5 Å². The van der Waals surface area contributed by atoms with Gasteiger partial charge >= 0.3 is 0 Å². The van der Waals surface area contributed by atoms with Gasteiger partial charge in [0, 0.05) is 25.8 Å². The summed E-state index contributed by atoms with van der Waals surface area (Å²) in [5.74, 6) is 1.50. The topological polar surface area (TPSA) is 77.3 Å². The van der Waals surface area contributed by atoms with Crippen LogP contribution in [-0.4, -0.2) is 53.2 Å². The number of nitrogens with one attached hydrogen (secondary N) is 1. The van der Waals surface area contributed by atoms with Gasteiger partial charge in [-0.3, -0.25) is 0 Å². The van der Waals surface area contributed by atoms with Crippen LogP contribution in [0.15, 0.2) is 41.6 Å². The molecule has 0 saturated heterocycles. The number of benzene rings is 1. The van der Waals surface area contributed by atoms with Crippen molar-refractivity contribution in [2.45, 2.75) is 24.8 Å². The van der Waals surface area contributed by atoms with Crippen molar-refractivity contribution in [2.24, 2.45) is 0 Å². The van der Waals surface area contributed by atoms with Crippen LogP contribution in [0.4, 0.5) is 15.9 Å². The van der Waals surface area contributed by atoms with Crippen molar-refractivity contribution in [2.75, 3.05) is 43.0 Å². The van der Waals surface area contributed by atoms with Crippen LogP contribution in [0, 0.1) is 5.82 Å². The van der Waals surface area contributed by atoms with E-state index in [1.165, 1.54) is 18.0 Å². The first-order valence-electron chi connectivity index (χ1n) is 10.1.